The first-order valence-electron chi connectivity index (χ1n) is 34.9. The van der Waals surface area contributed by atoms with E-state index in [0.717, 1.165) is 103 Å². The molecule has 3 unspecified atom stereocenters. The van der Waals surface area contributed by atoms with Crippen LogP contribution in [-0.2, 0) is 27.9 Å². The monoisotopic (exact) mass is 1180 g/mol. The minimum atomic E-state index is -4.71. The van der Waals surface area contributed by atoms with Gasteiger partial charge in [-0.2, -0.15) is 0 Å². The van der Waals surface area contributed by atoms with Crippen molar-refractivity contribution >= 4 is 19.7 Å². The molecule has 0 bridgehead atoms. The molecule has 0 saturated carbocycles. The van der Waals surface area contributed by atoms with Crippen LogP contribution in [0.25, 0.3) is 0 Å². The van der Waals surface area contributed by atoms with E-state index in [4.69, 9.17) is 13.8 Å². The molecule has 0 heterocycles. The van der Waals surface area contributed by atoms with Gasteiger partial charge in [-0.1, -0.05) is 280 Å². The van der Waals surface area contributed by atoms with E-state index in [2.05, 4.69) is 99.0 Å². The molecule has 1 amide bonds. The number of phosphoric acid groups is 1. The fraction of sp³-hybridized carbons (Fsp3) is 0.781. The van der Waals surface area contributed by atoms with Crippen molar-refractivity contribution in [2.24, 2.45) is 0 Å². The molecule has 0 aromatic carbocycles. The molecule has 482 valence electrons. The van der Waals surface area contributed by atoms with Crippen LogP contribution in [0.5, 0.6) is 0 Å². The van der Waals surface area contributed by atoms with Gasteiger partial charge < -0.3 is 28.5 Å². The van der Waals surface area contributed by atoms with E-state index in [9.17, 15) is 19.0 Å². The van der Waals surface area contributed by atoms with Gasteiger partial charge in [-0.05, 0) is 109 Å². The first-order chi connectivity index (χ1) is 40.4. The Bertz CT molecular complexity index is 1700. The predicted molar refractivity (Wildman–Crippen MR) is 358 cm³/mol. The van der Waals surface area contributed by atoms with Crippen LogP contribution in [0, 0.1) is 0 Å². The highest BCUT2D eigenvalue weighted by Gasteiger charge is 2.27. The summed E-state index contributed by atoms with van der Waals surface area (Å²) in [6, 6.07) is -0.898. The van der Waals surface area contributed by atoms with Crippen molar-refractivity contribution in [2.75, 3.05) is 40.9 Å². The SMILES string of the molecule is CCCCC/C=C\C/C=C\C/C=C\C/C=C\CCCCCCCCCCCCCC(=O)NC(COP(=O)([O-])OCC[N+](C)(C)C)C(/C=C\CCCCCCCCCCCCC)OC(=O)CCCCCCCCC/C=C\C/C=C\CCCCC. The number of ether oxygens (including phenoxy) is 1. The lowest BCUT2D eigenvalue weighted by molar-refractivity contribution is -0.870. The third-order valence-electron chi connectivity index (χ3n) is 15.3. The lowest BCUT2D eigenvalue weighted by Crippen LogP contribution is -2.47. The first-order valence-corrected chi connectivity index (χ1v) is 36.4. The quantitative estimate of drug-likeness (QED) is 0.0212. The Morgan fingerprint density at radius 1 is 0.422 bits per heavy atom. The third-order valence-corrected chi connectivity index (χ3v) is 16.3. The van der Waals surface area contributed by atoms with E-state index in [1.165, 1.54) is 180 Å². The van der Waals surface area contributed by atoms with Gasteiger partial charge in [0, 0.05) is 12.8 Å². The molecular formula is C73H133N2O7P. The van der Waals surface area contributed by atoms with E-state index < -0.39 is 26.6 Å². The number of rotatable bonds is 63. The number of unbranched alkanes of at least 4 members (excludes halogenated alkanes) is 35. The van der Waals surface area contributed by atoms with Crippen molar-refractivity contribution in [1.29, 1.82) is 0 Å². The van der Waals surface area contributed by atoms with Crippen LogP contribution in [0.3, 0.4) is 0 Å². The zero-order valence-electron chi connectivity index (χ0n) is 55.1. The fourth-order valence-corrected chi connectivity index (χ4v) is 10.6. The highest BCUT2D eigenvalue weighted by molar-refractivity contribution is 7.45. The number of hydrogen-bond donors (Lipinski definition) is 1. The van der Waals surface area contributed by atoms with E-state index in [0.29, 0.717) is 17.4 Å². The minimum absolute atomic E-state index is 0.0267. The molecule has 0 spiro atoms. The predicted octanol–water partition coefficient (Wildman–Crippen LogP) is 21.5. The van der Waals surface area contributed by atoms with Crippen LogP contribution in [0.4, 0.5) is 0 Å². The number of carbonyl (C=O) groups is 2. The molecule has 0 aromatic heterocycles. The van der Waals surface area contributed by atoms with Crippen LogP contribution in [0.2, 0.25) is 0 Å². The summed E-state index contributed by atoms with van der Waals surface area (Å²) < 4.78 is 30.4. The van der Waals surface area contributed by atoms with Crippen molar-refractivity contribution in [3.05, 3.63) is 85.1 Å². The number of likely N-dealkylation sites (N-methyl/N-ethyl adjacent to an activating group) is 1. The molecule has 0 aliphatic rings. The van der Waals surface area contributed by atoms with Gasteiger partial charge in [0.25, 0.3) is 7.82 Å². The van der Waals surface area contributed by atoms with Gasteiger partial charge in [0.2, 0.25) is 5.91 Å². The summed E-state index contributed by atoms with van der Waals surface area (Å²) in [5.41, 5.74) is 0. The van der Waals surface area contributed by atoms with Gasteiger partial charge in [-0.25, -0.2) is 0 Å². The third kappa shape index (κ3) is 63.5. The van der Waals surface area contributed by atoms with E-state index in [-0.39, 0.29) is 24.9 Å². The number of allylic oxidation sites excluding steroid dienone is 13. The van der Waals surface area contributed by atoms with Crippen LogP contribution in [0.1, 0.15) is 316 Å². The lowest BCUT2D eigenvalue weighted by atomic mass is 10.0. The highest BCUT2D eigenvalue weighted by atomic mass is 31.2. The normalized spacial score (nSPS) is 14.1. The van der Waals surface area contributed by atoms with Gasteiger partial charge in [-0.15, -0.1) is 0 Å². The molecule has 0 saturated heterocycles. The number of hydrogen-bond acceptors (Lipinski definition) is 7. The summed E-state index contributed by atoms with van der Waals surface area (Å²) in [5, 5.41) is 3.04. The molecule has 3 atom stereocenters. The van der Waals surface area contributed by atoms with Crippen molar-refractivity contribution in [1.82, 2.24) is 5.32 Å². The standard InChI is InChI=1S/C73H133N2O7P/c1-7-10-13-16-19-22-25-28-30-32-33-34-35-36-37-38-39-40-41-43-44-47-50-53-56-59-62-65-72(76)74-70(69-81-83(78,79)80-68-67-75(4,5)6)71(64-61-58-55-52-49-46-27-24-21-18-15-12-9-3)82-73(77)66-63-60-57-54-51-48-45-42-31-29-26-23-20-17-14-11-8-2/h19-20,22-23,28-31,33-34,36-37,61,64,70-71H,7-18,21,24-27,32,35,38-60,62-63,65-69H2,1-6H3,(H-,74,76,78,79)/b22-19-,23-20-,30-28-,31-29-,34-33-,37-36-,64-61-. The molecule has 0 aliphatic carbocycles. The zero-order valence-corrected chi connectivity index (χ0v) is 56.0. The molecule has 0 radical (unpaired) electrons. The smallest absolute Gasteiger partial charge is 0.306 e. The largest absolute Gasteiger partial charge is 0.756 e. The highest BCUT2D eigenvalue weighted by Crippen LogP contribution is 2.38. The van der Waals surface area contributed by atoms with Gasteiger partial charge in [-0.3, -0.25) is 14.2 Å². The van der Waals surface area contributed by atoms with Crippen LogP contribution < -0.4 is 10.2 Å². The van der Waals surface area contributed by atoms with Crippen LogP contribution >= 0.6 is 7.82 Å². The molecule has 0 fully saturated rings. The second-order valence-corrected chi connectivity index (χ2v) is 26.1. The average molecular weight is 1180 g/mol. The maximum atomic E-state index is 13.6. The molecule has 10 heteroatoms. The Morgan fingerprint density at radius 2 is 0.735 bits per heavy atom. The molecular weight excluding hydrogens is 1050 g/mol. The molecule has 83 heavy (non-hydrogen) atoms. The Labute approximate surface area is 514 Å². The Kier molecular flexibility index (Phi) is 60.1. The summed E-state index contributed by atoms with van der Waals surface area (Å²) in [5.74, 6) is -0.548. The van der Waals surface area contributed by atoms with E-state index >= 15 is 0 Å². The van der Waals surface area contributed by atoms with Crippen molar-refractivity contribution in [2.45, 2.75) is 328 Å². The molecule has 0 aromatic rings. The summed E-state index contributed by atoms with van der Waals surface area (Å²) in [4.78, 5) is 40.2. The number of nitrogens with one attached hydrogen (secondary N) is 1. The maximum absolute atomic E-state index is 13.6. The Morgan fingerprint density at radius 3 is 1.12 bits per heavy atom. The first kappa shape index (κ1) is 80.2. The number of phosphoric ester groups is 1. The second-order valence-electron chi connectivity index (χ2n) is 24.7. The van der Waals surface area contributed by atoms with E-state index in [1.807, 2.05) is 33.3 Å². The number of amides is 1. The van der Waals surface area contributed by atoms with Crippen molar-refractivity contribution in [3.63, 3.8) is 0 Å². The fourth-order valence-electron chi connectivity index (χ4n) is 9.89. The summed E-state index contributed by atoms with van der Waals surface area (Å²) >= 11 is 0. The second kappa shape index (κ2) is 62.2. The van der Waals surface area contributed by atoms with Gasteiger partial charge in [0.1, 0.15) is 19.3 Å². The van der Waals surface area contributed by atoms with Crippen molar-refractivity contribution < 1.29 is 37.3 Å². The molecule has 0 aliphatic heterocycles. The van der Waals surface area contributed by atoms with Crippen molar-refractivity contribution in [3.8, 4) is 0 Å². The van der Waals surface area contributed by atoms with Gasteiger partial charge in [0.05, 0.1) is 33.8 Å². The molecule has 1 N–H and O–H groups in total. The number of nitrogens with zero attached hydrogens (tertiary/aromatic N) is 1. The van der Waals surface area contributed by atoms with E-state index in [1.54, 1.807) is 0 Å². The number of quaternary nitrogens is 1. The number of esters is 1. The van der Waals surface area contributed by atoms with Gasteiger partial charge in [0.15, 0.2) is 0 Å². The lowest BCUT2D eigenvalue weighted by Gasteiger charge is -2.30. The summed E-state index contributed by atoms with van der Waals surface area (Å²) in [6.45, 7) is 6.81. The Hall–Kier alpha value is -2.81. The Balaban J connectivity index is 5.10. The zero-order chi connectivity index (χ0) is 60.7. The average Bonchev–Trinajstić information content (AvgIpc) is 3.47. The van der Waals surface area contributed by atoms with Gasteiger partial charge >= 0.3 is 5.97 Å². The minimum Gasteiger partial charge on any atom is -0.756 e. The van der Waals surface area contributed by atoms with Crippen LogP contribution in [0.15, 0.2) is 85.1 Å². The molecule has 0 rings (SSSR count). The number of carbonyl (C=O) groups excluding carboxylic acids is 2. The molecule has 9 nitrogen and oxygen atoms in total. The van der Waals surface area contributed by atoms with Crippen LogP contribution in [-0.4, -0.2) is 69.4 Å². The summed E-state index contributed by atoms with van der Waals surface area (Å²) in [6.07, 6.45) is 82.6. The maximum Gasteiger partial charge on any atom is 0.306 e. The summed E-state index contributed by atoms with van der Waals surface area (Å²) in [7, 11) is 1.18. The topological polar surface area (TPSA) is 114 Å².